The molecule has 13 heavy (non-hydrogen) atoms. The van der Waals surface area contributed by atoms with Crippen molar-refractivity contribution in [1.29, 1.82) is 0 Å². The van der Waals surface area contributed by atoms with Crippen LogP contribution in [-0.4, -0.2) is 29.8 Å². The SMILES string of the molecule is CCO[Si](C)(C)C[Si](C)(C)OCC. The Morgan fingerprint density at radius 3 is 1.31 bits per heavy atom. The summed E-state index contributed by atoms with van der Waals surface area (Å²) in [4.78, 5) is 0. The van der Waals surface area contributed by atoms with Crippen LogP contribution in [0.2, 0.25) is 31.9 Å². The van der Waals surface area contributed by atoms with E-state index in [9.17, 15) is 0 Å². The van der Waals surface area contributed by atoms with E-state index in [0.717, 1.165) is 13.2 Å². The summed E-state index contributed by atoms with van der Waals surface area (Å²) in [6.45, 7) is 15.0. The minimum atomic E-state index is -1.44. The van der Waals surface area contributed by atoms with Crippen molar-refractivity contribution < 1.29 is 8.85 Å². The summed E-state index contributed by atoms with van der Waals surface area (Å²) in [5.74, 6) is 0. The van der Waals surface area contributed by atoms with Crippen LogP contribution in [0, 0.1) is 0 Å². The maximum atomic E-state index is 5.81. The molecular weight excluding hydrogens is 196 g/mol. The first-order chi connectivity index (χ1) is 5.83. The summed E-state index contributed by atoms with van der Waals surface area (Å²) in [6.07, 6.45) is 0. The van der Waals surface area contributed by atoms with Gasteiger partial charge in [-0.3, -0.25) is 0 Å². The van der Waals surface area contributed by atoms with Crippen LogP contribution in [0.3, 0.4) is 0 Å². The van der Waals surface area contributed by atoms with Gasteiger partial charge in [0.15, 0.2) is 16.6 Å². The van der Waals surface area contributed by atoms with Crippen LogP contribution in [0.25, 0.3) is 0 Å². The van der Waals surface area contributed by atoms with Gasteiger partial charge in [0.05, 0.1) is 0 Å². The van der Waals surface area contributed by atoms with Gasteiger partial charge in [-0.2, -0.15) is 0 Å². The molecule has 0 aromatic rings. The molecule has 0 rings (SSSR count). The summed E-state index contributed by atoms with van der Waals surface area (Å²) < 4.78 is 11.6. The predicted octanol–water partition coefficient (Wildman–Crippen LogP) is 3.01. The minimum absolute atomic E-state index is 0.843. The van der Waals surface area contributed by atoms with Gasteiger partial charge in [-0.25, -0.2) is 0 Å². The average molecular weight is 220 g/mol. The molecule has 0 bridgehead atoms. The molecule has 0 spiro atoms. The molecule has 2 nitrogen and oxygen atoms in total. The lowest BCUT2D eigenvalue weighted by Crippen LogP contribution is -2.44. The van der Waals surface area contributed by atoms with E-state index in [1.54, 1.807) is 0 Å². The van der Waals surface area contributed by atoms with Crippen molar-refractivity contribution in [2.24, 2.45) is 0 Å². The van der Waals surface area contributed by atoms with Crippen LogP contribution >= 0.6 is 0 Å². The Labute approximate surface area is 84.9 Å². The highest BCUT2D eigenvalue weighted by Crippen LogP contribution is 2.21. The fourth-order valence-electron chi connectivity index (χ4n) is 1.91. The van der Waals surface area contributed by atoms with Gasteiger partial charge < -0.3 is 8.85 Å². The Morgan fingerprint density at radius 1 is 0.769 bits per heavy atom. The smallest absolute Gasteiger partial charge is 0.186 e. The molecule has 0 aliphatic rings. The summed E-state index contributed by atoms with van der Waals surface area (Å²) in [5, 5.41) is 0. The second-order valence-corrected chi connectivity index (χ2v) is 13.6. The first kappa shape index (κ1) is 13.4. The van der Waals surface area contributed by atoms with Crippen molar-refractivity contribution >= 4 is 16.6 Å². The van der Waals surface area contributed by atoms with E-state index in [4.69, 9.17) is 8.85 Å². The fraction of sp³-hybridized carbons (Fsp3) is 1.00. The van der Waals surface area contributed by atoms with Crippen molar-refractivity contribution in [3.05, 3.63) is 0 Å². The Bertz CT molecular complexity index is 131. The van der Waals surface area contributed by atoms with Gasteiger partial charge >= 0.3 is 0 Å². The molecule has 0 aliphatic heterocycles. The molecule has 0 N–H and O–H groups in total. The monoisotopic (exact) mass is 220 g/mol. The van der Waals surface area contributed by atoms with Crippen molar-refractivity contribution in [3.8, 4) is 0 Å². The van der Waals surface area contributed by atoms with Crippen LogP contribution in [0.15, 0.2) is 0 Å². The lowest BCUT2D eigenvalue weighted by molar-refractivity contribution is 0.316. The molecule has 0 saturated heterocycles. The van der Waals surface area contributed by atoms with Gasteiger partial charge in [0, 0.05) is 13.2 Å². The van der Waals surface area contributed by atoms with Crippen molar-refractivity contribution in [3.63, 3.8) is 0 Å². The first-order valence-electron chi connectivity index (χ1n) is 5.11. The van der Waals surface area contributed by atoms with Crippen molar-refractivity contribution in [2.45, 2.75) is 45.7 Å². The van der Waals surface area contributed by atoms with Gasteiger partial charge in [-0.15, -0.1) is 0 Å². The standard InChI is InChI=1S/C9H24O2Si2/c1-7-10-12(3,4)9-13(5,6)11-8-2/h7-9H2,1-6H3. The predicted molar refractivity (Wildman–Crippen MR) is 63.0 cm³/mol. The summed E-state index contributed by atoms with van der Waals surface area (Å²) in [7, 11) is -2.88. The van der Waals surface area contributed by atoms with Gasteiger partial charge in [0.25, 0.3) is 0 Å². The first-order valence-corrected chi connectivity index (χ1v) is 11.3. The fourth-order valence-corrected chi connectivity index (χ4v) is 12.5. The average Bonchev–Trinajstić information content (AvgIpc) is 1.82. The zero-order valence-electron chi connectivity index (χ0n) is 9.94. The maximum Gasteiger partial charge on any atom is 0.186 e. The Balaban J connectivity index is 4.07. The Kier molecular flexibility index (Phi) is 5.43. The van der Waals surface area contributed by atoms with E-state index in [2.05, 4.69) is 40.0 Å². The third-order valence-corrected chi connectivity index (χ3v) is 10.9. The van der Waals surface area contributed by atoms with Crippen LogP contribution < -0.4 is 0 Å². The molecule has 0 radical (unpaired) electrons. The molecule has 0 aliphatic carbocycles. The third-order valence-electron chi connectivity index (χ3n) is 1.92. The molecule has 0 heterocycles. The molecule has 0 fully saturated rings. The molecule has 4 heteroatoms. The molecule has 0 atom stereocenters. The van der Waals surface area contributed by atoms with Crippen molar-refractivity contribution in [2.75, 3.05) is 13.2 Å². The van der Waals surface area contributed by atoms with E-state index in [1.165, 1.54) is 5.67 Å². The third kappa shape index (κ3) is 6.43. The Hall–Kier alpha value is 0.354. The van der Waals surface area contributed by atoms with Gasteiger partial charge in [-0.1, -0.05) is 0 Å². The molecule has 0 amide bonds. The molecule has 0 saturated carbocycles. The zero-order chi connectivity index (χ0) is 10.5. The van der Waals surface area contributed by atoms with E-state index in [0.29, 0.717) is 0 Å². The van der Waals surface area contributed by atoms with Crippen molar-refractivity contribution in [1.82, 2.24) is 0 Å². The van der Waals surface area contributed by atoms with E-state index in [-0.39, 0.29) is 0 Å². The normalized spacial score (nSPS) is 13.4. The van der Waals surface area contributed by atoms with Gasteiger partial charge in [-0.05, 0) is 45.7 Å². The number of hydrogen-bond donors (Lipinski definition) is 0. The molecular formula is C9H24O2Si2. The van der Waals surface area contributed by atoms with Gasteiger partial charge in [0.2, 0.25) is 0 Å². The van der Waals surface area contributed by atoms with E-state index >= 15 is 0 Å². The topological polar surface area (TPSA) is 18.5 Å². The lowest BCUT2D eigenvalue weighted by atomic mass is 10.9. The summed E-state index contributed by atoms with van der Waals surface area (Å²) in [6, 6.07) is 0. The maximum absolute atomic E-state index is 5.81. The lowest BCUT2D eigenvalue weighted by Gasteiger charge is -2.30. The number of rotatable bonds is 6. The Morgan fingerprint density at radius 2 is 1.08 bits per heavy atom. The second-order valence-electron chi connectivity index (χ2n) is 4.56. The van der Waals surface area contributed by atoms with Crippen LogP contribution in [0.4, 0.5) is 0 Å². The quantitative estimate of drug-likeness (QED) is 0.641. The summed E-state index contributed by atoms with van der Waals surface area (Å²) >= 11 is 0. The van der Waals surface area contributed by atoms with E-state index in [1.807, 2.05) is 0 Å². The highest BCUT2D eigenvalue weighted by Gasteiger charge is 2.34. The highest BCUT2D eigenvalue weighted by molar-refractivity contribution is 6.89. The molecule has 80 valence electrons. The minimum Gasteiger partial charge on any atom is -0.418 e. The highest BCUT2D eigenvalue weighted by atomic mass is 28.4. The van der Waals surface area contributed by atoms with Crippen LogP contribution in [0.5, 0.6) is 0 Å². The van der Waals surface area contributed by atoms with Crippen LogP contribution in [0.1, 0.15) is 13.8 Å². The molecule has 0 aromatic carbocycles. The van der Waals surface area contributed by atoms with Crippen LogP contribution in [-0.2, 0) is 8.85 Å². The van der Waals surface area contributed by atoms with Gasteiger partial charge in [0.1, 0.15) is 0 Å². The zero-order valence-corrected chi connectivity index (χ0v) is 11.9. The molecule has 0 aromatic heterocycles. The molecule has 0 unspecified atom stereocenters. The van der Waals surface area contributed by atoms with E-state index < -0.39 is 16.6 Å². The summed E-state index contributed by atoms with van der Waals surface area (Å²) in [5.41, 5.74) is 1.20. The largest absolute Gasteiger partial charge is 0.418 e. The number of hydrogen-bond acceptors (Lipinski definition) is 2. The second kappa shape index (κ2) is 5.29.